The van der Waals surface area contributed by atoms with Gasteiger partial charge in [-0.2, -0.15) is 0 Å². The van der Waals surface area contributed by atoms with E-state index in [-0.39, 0.29) is 22.6 Å². The fourth-order valence-electron chi connectivity index (χ4n) is 1.65. The Balaban J connectivity index is 3.16. The maximum absolute atomic E-state index is 10.9. The van der Waals surface area contributed by atoms with Gasteiger partial charge in [0.05, 0.1) is 19.6 Å². The van der Waals surface area contributed by atoms with Gasteiger partial charge in [0.25, 0.3) is 0 Å². The van der Waals surface area contributed by atoms with Crippen molar-refractivity contribution in [2.24, 2.45) is 5.73 Å². The Kier molecular flexibility index (Phi) is 4.85. The number of aliphatic hydroxyl groups excluding tert-OH is 2. The Hall–Kier alpha value is -2.12. The molecule has 5 N–H and O–H groups in total. The minimum absolute atomic E-state index is 0.0191. The van der Waals surface area contributed by atoms with E-state index in [4.69, 9.17) is 10.5 Å². The number of carbonyl (C=O) groups excluding carboxylic acids is 2. The minimum Gasteiger partial charge on any atom is -0.504 e. The van der Waals surface area contributed by atoms with E-state index in [0.717, 1.165) is 6.07 Å². The van der Waals surface area contributed by atoms with E-state index in [1.165, 1.54) is 13.2 Å². The number of benzene rings is 1. The zero-order valence-electron chi connectivity index (χ0n) is 10.2. The van der Waals surface area contributed by atoms with Crippen LogP contribution in [0.4, 0.5) is 0 Å². The summed E-state index contributed by atoms with van der Waals surface area (Å²) in [5, 5.41) is 29.0. The first-order chi connectivity index (χ1) is 8.90. The van der Waals surface area contributed by atoms with Gasteiger partial charge >= 0.3 is 0 Å². The van der Waals surface area contributed by atoms with Crippen LogP contribution in [-0.4, -0.2) is 40.7 Å². The molecule has 2 unspecified atom stereocenters. The van der Waals surface area contributed by atoms with Crippen LogP contribution in [0.1, 0.15) is 28.4 Å². The van der Waals surface area contributed by atoms with Gasteiger partial charge in [-0.25, -0.2) is 0 Å². The molecule has 0 spiro atoms. The van der Waals surface area contributed by atoms with E-state index in [1.54, 1.807) is 0 Å². The van der Waals surface area contributed by atoms with Crippen molar-refractivity contribution in [1.82, 2.24) is 0 Å². The van der Waals surface area contributed by atoms with Crippen LogP contribution in [-0.2, 0) is 4.79 Å². The Morgan fingerprint density at radius 2 is 2.11 bits per heavy atom. The van der Waals surface area contributed by atoms with Gasteiger partial charge in [0.2, 0.25) is 5.91 Å². The summed E-state index contributed by atoms with van der Waals surface area (Å²) in [4.78, 5) is 21.6. The van der Waals surface area contributed by atoms with Gasteiger partial charge in [0.15, 0.2) is 17.8 Å². The highest BCUT2D eigenvalue weighted by atomic mass is 16.5. The molecule has 0 heterocycles. The molecule has 0 aliphatic rings. The summed E-state index contributed by atoms with van der Waals surface area (Å²) in [5.74, 6) is -1.03. The van der Waals surface area contributed by atoms with Gasteiger partial charge in [-0.1, -0.05) is 0 Å². The van der Waals surface area contributed by atoms with Crippen molar-refractivity contribution >= 4 is 12.2 Å². The molecule has 0 bridgehead atoms. The Labute approximate surface area is 109 Å². The number of hydrogen-bond donors (Lipinski definition) is 4. The molecular weight excluding hydrogens is 254 g/mol. The topological polar surface area (TPSA) is 130 Å². The van der Waals surface area contributed by atoms with Crippen LogP contribution in [0.15, 0.2) is 12.1 Å². The van der Waals surface area contributed by atoms with Gasteiger partial charge in [0, 0.05) is 5.56 Å². The number of primary amides is 1. The predicted molar refractivity (Wildman–Crippen MR) is 64.8 cm³/mol. The highest BCUT2D eigenvalue weighted by molar-refractivity contribution is 5.79. The predicted octanol–water partition coefficient (Wildman–Crippen LogP) is -0.517. The maximum atomic E-state index is 10.9. The van der Waals surface area contributed by atoms with Crippen molar-refractivity contribution in [2.75, 3.05) is 7.11 Å². The van der Waals surface area contributed by atoms with E-state index >= 15 is 0 Å². The van der Waals surface area contributed by atoms with E-state index in [2.05, 4.69) is 0 Å². The number of phenols is 1. The number of amides is 1. The number of carbonyl (C=O) groups is 2. The summed E-state index contributed by atoms with van der Waals surface area (Å²) in [7, 11) is 1.30. The van der Waals surface area contributed by atoms with Crippen LogP contribution in [0.2, 0.25) is 0 Å². The monoisotopic (exact) mass is 269 g/mol. The Morgan fingerprint density at radius 3 is 2.58 bits per heavy atom. The SMILES string of the molecule is COc1cc(C(O)C(O)CC(N)=O)c(C=O)cc1O. The average molecular weight is 269 g/mol. The van der Waals surface area contributed by atoms with Crippen molar-refractivity contribution in [1.29, 1.82) is 0 Å². The summed E-state index contributed by atoms with van der Waals surface area (Å²) < 4.78 is 4.85. The van der Waals surface area contributed by atoms with Crippen LogP contribution < -0.4 is 10.5 Å². The quantitative estimate of drug-likeness (QED) is 0.514. The second kappa shape index (κ2) is 6.17. The third-order valence-electron chi connectivity index (χ3n) is 2.60. The molecule has 1 aromatic carbocycles. The van der Waals surface area contributed by atoms with Gasteiger partial charge in [-0.15, -0.1) is 0 Å². The highest BCUT2D eigenvalue weighted by Crippen LogP contribution is 2.33. The fourth-order valence-corrected chi connectivity index (χ4v) is 1.65. The molecule has 1 aromatic rings. The first-order valence-electron chi connectivity index (χ1n) is 5.41. The number of aldehydes is 1. The lowest BCUT2D eigenvalue weighted by Gasteiger charge is -2.19. The largest absolute Gasteiger partial charge is 0.504 e. The second-order valence-corrected chi connectivity index (χ2v) is 3.95. The molecule has 0 radical (unpaired) electrons. The first-order valence-corrected chi connectivity index (χ1v) is 5.41. The number of rotatable bonds is 6. The van der Waals surface area contributed by atoms with Gasteiger partial charge in [-0.05, 0) is 17.7 Å². The molecule has 7 nitrogen and oxygen atoms in total. The smallest absolute Gasteiger partial charge is 0.220 e. The van der Waals surface area contributed by atoms with Crippen molar-refractivity contribution in [3.63, 3.8) is 0 Å². The highest BCUT2D eigenvalue weighted by Gasteiger charge is 2.24. The van der Waals surface area contributed by atoms with Crippen molar-refractivity contribution in [3.05, 3.63) is 23.3 Å². The normalized spacial score (nSPS) is 13.6. The zero-order valence-corrected chi connectivity index (χ0v) is 10.2. The maximum Gasteiger partial charge on any atom is 0.220 e. The van der Waals surface area contributed by atoms with Crippen LogP contribution in [0, 0.1) is 0 Å². The molecule has 7 heteroatoms. The summed E-state index contributed by atoms with van der Waals surface area (Å²) in [6.45, 7) is 0. The summed E-state index contributed by atoms with van der Waals surface area (Å²) in [6.07, 6.45) is -3.00. The molecule has 0 fully saturated rings. The third-order valence-corrected chi connectivity index (χ3v) is 2.60. The third kappa shape index (κ3) is 3.43. The Morgan fingerprint density at radius 1 is 1.47 bits per heavy atom. The van der Waals surface area contributed by atoms with Gasteiger partial charge < -0.3 is 25.8 Å². The number of nitrogens with two attached hydrogens (primary N) is 1. The molecule has 0 aliphatic carbocycles. The molecule has 104 valence electrons. The van der Waals surface area contributed by atoms with Crippen LogP contribution in [0.5, 0.6) is 11.5 Å². The number of hydrogen-bond acceptors (Lipinski definition) is 6. The molecular formula is C12H15NO6. The van der Waals surface area contributed by atoms with Crippen molar-refractivity contribution in [3.8, 4) is 11.5 Å². The number of ether oxygens (including phenoxy) is 1. The number of aliphatic hydroxyl groups is 2. The van der Waals surface area contributed by atoms with E-state index in [9.17, 15) is 24.9 Å². The Bertz CT molecular complexity index is 487. The summed E-state index contributed by atoms with van der Waals surface area (Å²) in [5.41, 5.74) is 4.94. The molecule has 0 aromatic heterocycles. The lowest BCUT2D eigenvalue weighted by molar-refractivity contribution is -0.121. The molecule has 0 saturated carbocycles. The number of phenolic OH excluding ortho intramolecular Hbond substituents is 1. The lowest BCUT2D eigenvalue weighted by Crippen LogP contribution is -2.26. The molecule has 2 atom stereocenters. The number of aromatic hydroxyl groups is 1. The second-order valence-electron chi connectivity index (χ2n) is 3.95. The summed E-state index contributed by atoms with van der Waals surface area (Å²) in [6, 6.07) is 2.31. The number of methoxy groups -OCH3 is 1. The van der Waals surface area contributed by atoms with Crippen LogP contribution in [0.3, 0.4) is 0 Å². The van der Waals surface area contributed by atoms with Gasteiger partial charge in [0.1, 0.15) is 6.10 Å². The van der Waals surface area contributed by atoms with E-state index < -0.39 is 24.5 Å². The van der Waals surface area contributed by atoms with Gasteiger partial charge in [-0.3, -0.25) is 9.59 Å². The first kappa shape index (κ1) is 14.9. The molecule has 19 heavy (non-hydrogen) atoms. The summed E-state index contributed by atoms with van der Waals surface area (Å²) >= 11 is 0. The average Bonchev–Trinajstić information content (AvgIpc) is 2.36. The van der Waals surface area contributed by atoms with Crippen molar-refractivity contribution in [2.45, 2.75) is 18.6 Å². The van der Waals surface area contributed by atoms with Crippen LogP contribution >= 0.6 is 0 Å². The standard InChI is InChI=1S/C12H15NO6/c1-19-10-3-7(6(5-14)2-8(10)15)12(18)9(16)4-11(13)17/h2-3,5,9,12,15-16,18H,4H2,1H3,(H2,13,17). The van der Waals surface area contributed by atoms with E-state index in [0.29, 0.717) is 6.29 Å². The zero-order chi connectivity index (χ0) is 14.6. The fraction of sp³-hybridized carbons (Fsp3) is 0.333. The molecule has 0 saturated heterocycles. The van der Waals surface area contributed by atoms with E-state index in [1.807, 2.05) is 0 Å². The molecule has 1 amide bonds. The minimum atomic E-state index is -1.50. The lowest BCUT2D eigenvalue weighted by atomic mass is 9.97. The molecule has 1 rings (SSSR count). The van der Waals surface area contributed by atoms with Crippen molar-refractivity contribution < 1.29 is 29.6 Å². The van der Waals surface area contributed by atoms with Crippen LogP contribution in [0.25, 0.3) is 0 Å². The molecule has 0 aliphatic heterocycles.